The predicted molar refractivity (Wildman–Crippen MR) is 58.0 cm³/mol. The highest BCUT2D eigenvalue weighted by molar-refractivity contribution is 7.32. The minimum atomic E-state index is -0.286. The molecule has 0 fully saturated rings. The van der Waals surface area contributed by atoms with E-state index in [1.165, 1.54) is 0 Å². The Morgan fingerprint density at radius 3 is 2.92 bits per heavy atom. The number of halogens is 1. The number of rotatable bonds is 1. The first-order valence-corrected chi connectivity index (χ1v) is 5.93. The number of thiazole rings is 1. The zero-order valence-corrected chi connectivity index (χ0v) is 8.92. The highest BCUT2D eigenvalue weighted by Crippen LogP contribution is 2.49. The molecule has 1 aliphatic rings. The lowest BCUT2D eigenvalue weighted by Gasteiger charge is -2.21. The molecule has 68 valence electrons. The van der Waals surface area contributed by atoms with Crippen LogP contribution in [0.15, 0.2) is 41.4 Å². The Morgan fingerprint density at radius 1 is 1.46 bits per heavy atom. The van der Waals surface area contributed by atoms with Crippen molar-refractivity contribution in [1.82, 2.24) is 4.98 Å². The van der Waals surface area contributed by atoms with Crippen LogP contribution in [0, 0.1) is 5.92 Å². The molecular weight excluding hydrogens is 202 g/mol. The highest BCUT2D eigenvalue weighted by atomic mass is 35.5. The third-order valence-corrected chi connectivity index (χ3v) is 5.28. The lowest BCUT2D eigenvalue weighted by Crippen LogP contribution is -2.19. The molecule has 0 saturated carbocycles. The normalized spacial score (nSPS) is 33.7. The molecule has 3 unspecified atom stereocenters. The summed E-state index contributed by atoms with van der Waals surface area (Å²) in [7, 11) is -0.0543. The van der Waals surface area contributed by atoms with Gasteiger partial charge in [0.15, 0.2) is 5.38 Å². The van der Waals surface area contributed by atoms with Gasteiger partial charge in [-0.05, 0) is 6.08 Å². The second kappa shape index (κ2) is 3.28. The molecule has 0 saturated heterocycles. The Balaban J connectivity index is 2.41. The van der Waals surface area contributed by atoms with E-state index in [4.69, 9.17) is 11.6 Å². The summed E-state index contributed by atoms with van der Waals surface area (Å²) >= 11 is 6.56. The van der Waals surface area contributed by atoms with Crippen LogP contribution >= 0.6 is 22.1 Å². The van der Waals surface area contributed by atoms with E-state index in [0.717, 1.165) is 0 Å². The second-order valence-corrected chi connectivity index (χ2v) is 5.89. The molecule has 3 atom stereocenters. The van der Waals surface area contributed by atoms with Crippen molar-refractivity contribution in [1.29, 1.82) is 0 Å². The maximum absolute atomic E-state index is 6.56. The molecule has 1 heterocycles. The van der Waals surface area contributed by atoms with Crippen LogP contribution in [0.25, 0.3) is 0 Å². The first-order valence-electron chi connectivity index (χ1n) is 4.20. The van der Waals surface area contributed by atoms with E-state index >= 15 is 0 Å². The van der Waals surface area contributed by atoms with Gasteiger partial charge in [-0.1, -0.05) is 36.8 Å². The standard InChI is InChI=1S/C10H11ClNS/c1-9-4-2-3-5-10(9,11)13-7-6-12-8-13/h2-9H,1H3/q+1. The van der Waals surface area contributed by atoms with Gasteiger partial charge in [0.2, 0.25) is 9.72 Å². The van der Waals surface area contributed by atoms with Gasteiger partial charge in [-0.25, -0.2) is 4.98 Å². The summed E-state index contributed by atoms with van der Waals surface area (Å²) in [5.41, 5.74) is 1.94. The molecule has 1 aromatic rings. The third kappa shape index (κ3) is 1.45. The van der Waals surface area contributed by atoms with Gasteiger partial charge in [0.05, 0.1) is 6.20 Å². The molecule has 1 aromatic heterocycles. The van der Waals surface area contributed by atoms with E-state index in [1.54, 1.807) is 0 Å². The Kier molecular flexibility index (Phi) is 2.26. The molecule has 0 aromatic carbocycles. The van der Waals surface area contributed by atoms with Crippen molar-refractivity contribution in [2.45, 2.75) is 11.1 Å². The van der Waals surface area contributed by atoms with Crippen molar-refractivity contribution < 1.29 is 0 Å². The van der Waals surface area contributed by atoms with Gasteiger partial charge in [-0.2, -0.15) is 0 Å². The fourth-order valence-corrected chi connectivity index (χ4v) is 3.42. The molecule has 0 amide bonds. The van der Waals surface area contributed by atoms with Crippen molar-refractivity contribution in [2.75, 3.05) is 0 Å². The molecule has 0 spiro atoms. The van der Waals surface area contributed by atoms with E-state index in [2.05, 4.69) is 29.4 Å². The van der Waals surface area contributed by atoms with Crippen molar-refractivity contribution >= 4 is 22.1 Å². The second-order valence-electron chi connectivity index (χ2n) is 3.14. The Bertz CT molecular complexity index is 342. The molecule has 1 aliphatic carbocycles. The largest absolute Gasteiger partial charge is 0.246 e. The average Bonchev–Trinajstić information content (AvgIpc) is 2.63. The van der Waals surface area contributed by atoms with Crippen LogP contribution in [0.3, 0.4) is 0 Å². The van der Waals surface area contributed by atoms with Gasteiger partial charge in [0, 0.05) is 16.4 Å². The van der Waals surface area contributed by atoms with Crippen LogP contribution in [0.4, 0.5) is 0 Å². The molecule has 2 rings (SSSR count). The molecule has 13 heavy (non-hydrogen) atoms. The van der Waals surface area contributed by atoms with Crippen molar-refractivity contribution in [3.8, 4) is 0 Å². The first-order chi connectivity index (χ1) is 6.23. The van der Waals surface area contributed by atoms with Crippen molar-refractivity contribution in [3.63, 3.8) is 0 Å². The van der Waals surface area contributed by atoms with Gasteiger partial charge >= 0.3 is 0 Å². The number of hydrogen-bond donors (Lipinski definition) is 0. The SMILES string of the molecule is CC1C=CC=CC1(Cl)[s+]1ccnc1. The molecule has 0 aliphatic heterocycles. The smallest absolute Gasteiger partial charge is 0.208 e. The predicted octanol–water partition coefficient (Wildman–Crippen LogP) is 3.48. The minimum Gasteiger partial charge on any atom is -0.208 e. The lowest BCUT2D eigenvalue weighted by molar-refractivity contribution is 0.651. The van der Waals surface area contributed by atoms with Gasteiger partial charge in [0.1, 0.15) is 0 Å². The van der Waals surface area contributed by atoms with Crippen LogP contribution in [0.1, 0.15) is 6.92 Å². The van der Waals surface area contributed by atoms with Gasteiger partial charge in [-0.3, -0.25) is 0 Å². The summed E-state index contributed by atoms with van der Waals surface area (Å²) in [5.74, 6) is 0.358. The summed E-state index contributed by atoms with van der Waals surface area (Å²) in [4.78, 5) is 4.08. The minimum absolute atomic E-state index is 0.0543. The van der Waals surface area contributed by atoms with Crippen LogP contribution < -0.4 is 0 Å². The Hall–Kier alpha value is -0.600. The van der Waals surface area contributed by atoms with Crippen LogP contribution in [0.5, 0.6) is 0 Å². The lowest BCUT2D eigenvalue weighted by atomic mass is 10.0. The number of aromatic nitrogens is 1. The Morgan fingerprint density at radius 2 is 2.31 bits per heavy atom. The topological polar surface area (TPSA) is 12.9 Å². The summed E-state index contributed by atoms with van der Waals surface area (Å²) in [6.07, 6.45) is 10.1. The van der Waals surface area contributed by atoms with Gasteiger partial charge < -0.3 is 0 Å². The number of hydrogen-bond acceptors (Lipinski definition) is 1. The fourth-order valence-electron chi connectivity index (χ4n) is 1.42. The quantitative estimate of drug-likeness (QED) is 0.513. The van der Waals surface area contributed by atoms with Crippen LogP contribution in [-0.4, -0.2) is 4.98 Å². The maximum atomic E-state index is 6.56. The first kappa shape index (κ1) is 8.97. The summed E-state index contributed by atoms with van der Waals surface area (Å²) < 4.78 is -0.286. The zero-order chi connectivity index (χ0) is 9.31. The van der Waals surface area contributed by atoms with E-state index in [0.29, 0.717) is 5.92 Å². The van der Waals surface area contributed by atoms with Crippen LogP contribution in [0.2, 0.25) is 0 Å². The molecule has 3 heteroatoms. The Labute approximate surface area is 85.7 Å². The van der Waals surface area contributed by atoms with Crippen molar-refractivity contribution in [2.24, 2.45) is 5.92 Å². The molecule has 1 nitrogen and oxygen atoms in total. The van der Waals surface area contributed by atoms with E-state index in [-0.39, 0.29) is 14.7 Å². The average molecular weight is 213 g/mol. The van der Waals surface area contributed by atoms with E-state index in [9.17, 15) is 0 Å². The monoisotopic (exact) mass is 212 g/mol. The van der Waals surface area contributed by atoms with Crippen molar-refractivity contribution in [3.05, 3.63) is 41.4 Å². The highest BCUT2D eigenvalue weighted by Gasteiger charge is 2.42. The summed E-state index contributed by atoms with van der Waals surface area (Å²) in [5, 5.41) is 2.08. The fraction of sp³-hybridized carbons (Fsp3) is 0.300. The molecule has 0 radical (unpaired) electrons. The van der Waals surface area contributed by atoms with Gasteiger partial charge in [-0.15, -0.1) is 0 Å². The van der Waals surface area contributed by atoms with Gasteiger partial charge in [0.25, 0.3) is 0 Å². The third-order valence-electron chi connectivity index (χ3n) is 2.28. The molecule has 0 bridgehead atoms. The number of alkyl halides is 1. The number of allylic oxidation sites excluding steroid dienone is 4. The maximum Gasteiger partial charge on any atom is 0.246 e. The molecule has 0 N–H and O–H groups in total. The summed E-state index contributed by atoms with van der Waals surface area (Å²) in [6.45, 7) is 2.14. The molecular formula is C10H11ClNS+. The zero-order valence-electron chi connectivity index (χ0n) is 7.35. The summed E-state index contributed by atoms with van der Waals surface area (Å²) in [6, 6.07) is 0. The number of nitrogens with zero attached hydrogens (tertiary/aromatic N) is 1. The van der Waals surface area contributed by atoms with E-state index < -0.39 is 0 Å². The van der Waals surface area contributed by atoms with Crippen LogP contribution in [-0.2, 0) is 4.21 Å². The van der Waals surface area contributed by atoms with E-state index in [1.807, 2.05) is 23.9 Å².